The molecular formula is C12H21IN4O2S. The van der Waals surface area contributed by atoms with Crippen molar-refractivity contribution in [2.45, 2.75) is 19.6 Å². The zero-order chi connectivity index (χ0) is 13.7. The van der Waals surface area contributed by atoms with Crippen LogP contribution >= 0.6 is 35.3 Å². The van der Waals surface area contributed by atoms with Crippen molar-refractivity contribution < 1.29 is 9.47 Å². The van der Waals surface area contributed by atoms with Crippen LogP contribution in [0.3, 0.4) is 0 Å². The Labute approximate surface area is 140 Å². The molecule has 114 valence electrons. The van der Waals surface area contributed by atoms with E-state index in [2.05, 4.69) is 9.98 Å². The molecule has 20 heavy (non-hydrogen) atoms. The zero-order valence-corrected chi connectivity index (χ0v) is 14.9. The topological polar surface area (TPSA) is 73.0 Å². The van der Waals surface area contributed by atoms with Crippen LogP contribution in [0.5, 0.6) is 0 Å². The van der Waals surface area contributed by atoms with Crippen LogP contribution in [0.25, 0.3) is 0 Å². The van der Waals surface area contributed by atoms with Gasteiger partial charge in [0.05, 0.1) is 25.5 Å². The SMILES string of the molecule is COC(C)c1nc(CN=C(N)N2CCOCC2)cs1.I. The minimum Gasteiger partial charge on any atom is -0.378 e. The van der Waals surface area contributed by atoms with Crippen LogP contribution in [-0.4, -0.2) is 49.3 Å². The number of guanidine groups is 1. The third-order valence-electron chi connectivity index (χ3n) is 3.01. The molecule has 0 spiro atoms. The summed E-state index contributed by atoms with van der Waals surface area (Å²) >= 11 is 1.59. The smallest absolute Gasteiger partial charge is 0.191 e. The molecule has 1 saturated heterocycles. The van der Waals surface area contributed by atoms with Crippen molar-refractivity contribution in [3.8, 4) is 0 Å². The highest BCUT2D eigenvalue weighted by atomic mass is 127. The number of aromatic nitrogens is 1. The predicted octanol–water partition coefficient (Wildman–Crippen LogP) is 1.62. The van der Waals surface area contributed by atoms with Crippen molar-refractivity contribution in [3.63, 3.8) is 0 Å². The maximum absolute atomic E-state index is 5.96. The molecule has 1 aliphatic rings. The molecule has 0 aliphatic carbocycles. The Morgan fingerprint density at radius 1 is 1.60 bits per heavy atom. The van der Waals surface area contributed by atoms with Crippen LogP contribution in [0.4, 0.5) is 0 Å². The second-order valence-electron chi connectivity index (χ2n) is 4.33. The number of thiazole rings is 1. The second-order valence-corrected chi connectivity index (χ2v) is 5.22. The van der Waals surface area contributed by atoms with E-state index in [9.17, 15) is 0 Å². The number of hydrogen-bond donors (Lipinski definition) is 1. The highest BCUT2D eigenvalue weighted by Crippen LogP contribution is 2.20. The predicted molar refractivity (Wildman–Crippen MR) is 90.7 cm³/mol. The number of rotatable bonds is 4. The maximum Gasteiger partial charge on any atom is 0.191 e. The largest absolute Gasteiger partial charge is 0.378 e. The minimum absolute atomic E-state index is 0. The lowest BCUT2D eigenvalue weighted by atomic mass is 10.4. The molecule has 1 unspecified atom stereocenters. The first-order valence-electron chi connectivity index (χ1n) is 6.30. The number of aliphatic imine (C=N–C) groups is 1. The van der Waals surface area contributed by atoms with Gasteiger partial charge in [-0.05, 0) is 6.92 Å². The first-order valence-corrected chi connectivity index (χ1v) is 7.18. The van der Waals surface area contributed by atoms with E-state index in [1.54, 1.807) is 18.4 Å². The lowest BCUT2D eigenvalue weighted by molar-refractivity contribution is 0.0674. The lowest BCUT2D eigenvalue weighted by Crippen LogP contribution is -2.44. The number of halogens is 1. The van der Waals surface area contributed by atoms with Gasteiger partial charge in [-0.25, -0.2) is 9.98 Å². The summed E-state index contributed by atoms with van der Waals surface area (Å²) in [5.74, 6) is 0.567. The number of nitrogens with two attached hydrogens (primary N) is 1. The first-order chi connectivity index (χ1) is 9.20. The van der Waals surface area contributed by atoms with Crippen LogP contribution in [-0.2, 0) is 16.0 Å². The summed E-state index contributed by atoms with van der Waals surface area (Å²) in [5.41, 5.74) is 6.89. The molecule has 0 aromatic carbocycles. The van der Waals surface area contributed by atoms with E-state index in [0.29, 0.717) is 25.7 Å². The normalized spacial score (nSPS) is 17.7. The van der Waals surface area contributed by atoms with Gasteiger partial charge in [0, 0.05) is 25.6 Å². The molecule has 6 nitrogen and oxygen atoms in total. The molecule has 1 aliphatic heterocycles. The van der Waals surface area contributed by atoms with E-state index in [0.717, 1.165) is 23.8 Å². The van der Waals surface area contributed by atoms with E-state index >= 15 is 0 Å². The molecule has 0 saturated carbocycles. The monoisotopic (exact) mass is 412 g/mol. The molecule has 8 heteroatoms. The number of nitrogens with zero attached hydrogens (tertiary/aromatic N) is 3. The fourth-order valence-corrected chi connectivity index (χ4v) is 2.58. The highest BCUT2D eigenvalue weighted by molar-refractivity contribution is 14.0. The molecule has 1 atom stereocenters. The van der Waals surface area contributed by atoms with E-state index in [1.807, 2.05) is 17.2 Å². The Balaban J connectivity index is 0.00000200. The third kappa shape index (κ3) is 4.83. The molecule has 1 aromatic rings. The summed E-state index contributed by atoms with van der Waals surface area (Å²) in [6, 6.07) is 0. The van der Waals surface area contributed by atoms with E-state index < -0.39 is 0 Å². The fourth-order valence-electron chi connectivity index (χ4n) is 1.74. The summed E-state index contributed by atoms with van der Waals surface area (Å²) in [6.07, 6.45) is 0.0271. The summed E-state index contributed by atoms with van der Waals surface area (Å²) in [5, 5.41) is 2.97. The van der Waals surface area contributed by atoms with Gasteiger partial charge in [0.25, 0.3) is 0 Å². The molecule has 0 bridgehead atoms. The summed E-state index contributed by atoms with van der Waals surface area (Å²) in [4.78, 5) is 10.9. The molecule has 2 heterocycles. The summed E-state index contributed by atoms with van der Waals surface area (Å²) < 4.78 is 10.5. The maximum atomic E-state index is 5.96. The third-order valence-corrected chi connectivity index (χ3v) is 4.06. The van der Waals surface area contributed by atoms with Gasteiger partial charge in [-0.2, -0.15) is 0 Å². The molecule has 1 fully saturated rings. The first kappa shape index (κ1) is 17.6. The van der Waals surface area contributed by atoms with Crippen molar-refractivity contribution in [3.05, 3.63) is 16.1 Å². The summed E-state index contributed by atoms with van der Waals surface area (Å²) in [6.45, 7) is 5.52. The van der Waals surface area contributed by atoms with E-state index in [1.165, 1.54) is 0 Å². The van der Waals surface area contributed by atoms with Gasteiger partial charge in [-0.1, -0.05) is 0 Å². The number of methoxy groups -OCH3 is 1. The quantitative estimate of drug-likeness (QED) is 0.462. The Morgan fingerprint density at radius 2 is 2.30 bits per heavy atom. The van der Waals surface area contributed by atoms with Crippen LogP contribution in [0.2, 0.25) is 0 Å². The van der Waals surface area contributed by atoms with Gasteiger partial charge < -0.3 is 20.1 Å². The lowest BCUT2D eigenvalue weighted by Gasteiger charge is -2.27. The van der Waals surface area contributed by atoms with Crippen molar-refractivity contribution in [1.29, 1.82) is 0 Å². The fraction of sp³-hybridized carbons (Fsp3) is 0.667. The number of hydrogen-bond acceptors (Lipinski definition) is 5. The molecule has 1 aromatic heterocycles. The van der Waals surface area contributed by atoms with E-state index in [4.69, 9.17) is 15.2 Å². The van der Waals surface area contributed by atoms with Crippen molar-refractivity contribution in [2.75, 3.05) is 33.4 Å². The number of ether oxygens (including phenoxy) is 2. The highest BCUT2D eigenvalue weighted by Gasteiger charge is 2.13. The number of morpholine rings is 1. The van der Waals surface area contributed by atoms with Gasteiger partial charge in [0.1, 0.15) is 11.1 Å². The van der Waals surface area contributed by atoms with Crippen molar-refractivity contribution in [2.24, 2.45) is 10.7 Å². The van der Waals surface area contributed by atoms with E-state index in [-0.39, 0.29) is 30.1 Å². The van der Waals surface area contributed by atoms with Gasteiger partial charge in [0.15, 0.2) is 5.96 Å². The van der Waals surface area contributed by atoms with Crippen molar-refractivity contribution in [1.82, 2.24) is 9.88 Å². The van der Waals surface area contributed by atoms with Gasteiger partial charge in [-0.3, -0.25) is 0 Å². The molecule has 0 amide bonds. The van der Waals surface area contributed by atoms with Crippen LogP contribution in [0.1, 0.15) is 23.7 Å². The van der Waals surface area contributed by atoms with Gasteiger partial charge in [-0.15, -0.1) is 35.3 Å². The van der Waals surface area contributed by atoms with Crippen LogP contribution in [0, 0.1) is 0 Å². The van der Waals surface area contributed by atoms with Crippen LogP contribution < -0.4 is 5.73 Å². The Bertz CT molecular complexity index is 435. The Morgan fingerprint density at radius 3 is 2.95 bits per heavy atom. The minimum atomic E-state index is 0. The van der Waals surface area contributed by atoms with Crippen LogP contribution in [0.15, 0.2) is 10.4 Å². The molecule has 0 radical (unpaired) electrons. The Hall–Kier alpha value is -0.450. The zero-order valence-electron chi connectivity index (χ0n) is 11.7. The summed E-state index contributed by atoms with van der Waals surface area (Å²) in [7, 11) is 1.68. The average Bonchev–Trinajstić information content (AvgIpc) is 2.93. The second kappa shape index (κ2) is 8.75. The standard InChI is InChI=1S/C12H20N4O2S.HI/c1-9(17-2)11-15-10(8-19-11)7-14-12(13)16-3-5-18-6-4-16;/h8-9H,3-7H2,1-2H3,(H2,13,14);1H. The molecular weight excluding hydrogens is 391 g/mol. The molecule has 2 rings (SSSR count). The van der Waals surface area contributed by atoms with Gasteiger partial charge in [0.2, 0.25) is 0 Å². The average molecular weight is 412 g/mol. The van der Waals surface area contributed by atoms with Gasteiger partial charge >= 0.3 is 0 Å². The molecule has 2 N–H and O–H groups in total. The Kier molecular flexibility index (Phi) is 7.70. The van der Waals surface area contributed by atoms with Crippen molar-refractivity contribution >= 4 is 41.3 Å².